The van der Waals surface area contributed by atoms with Gasteiger partial charge in [0.1, 0.15) is 0 Å². The van der Waals surface area contributed by atoms with Crippen molar-refractivity contribution in [1.29, 1.82) is 0 Å². The summed E-state index contributed by atoms with van der Waals surface area (Å²) in [4.78, 5) is 28.7. The minimum absolute atomic E-state index is 0.299. The van der Waals surface area contributed by atoms with Gasteiger partial charge in [0.05, 0.1) is 6.04 Å². The van der Waals surface area contributed by atoms with Gasteiger partial charge >= 0.3 is 5.97 Å². The number of hydrogen-bond donors (Lipinski definition) is 2. The summed E-state index contributed by atoms with van der Waals surface area (Å²) in [5.41, 5.74) is 2.17. The Morgan fingerprint density at radius 3 is 2.41 bits per heavy atom. The fraction of sp³-hybridized carbons (Fsp3) is 0.818. The number of rotatable bonds is 5. The standard InChI is InChI=1S/C11H20N2O4/c1-7-4-5-8(2)13(7)9(3)11(16)12-17-6-10(14)15/h7-9H,4-6H2,1-3H3,(H,12,16)(H,14,15). The molecule has 0 spiro atoms. The van der Waals surface area contributed by atoms with E-state index in [0.717, 1.165) is 12.8 Å². The lowest BCUT2D eigenvalue weighted by Crippen LogP contribution is -2.49. The molecule has 1 aliphatic rings. The molecule has 0 aromatic heterocycles. The van der Waals surface area contributed by atoms with Crippen LogP contribution in [0.3, 0.4) is 0 Å². The molecule has 0 aromatic rings. The maximum atomic E-state index is 11.7. The SMILES string of the molecule is CC1CCC(C)N1C(C)C(=O)NOCC(=O)O. The highest BCUT2D eigenvalue weighted by atomic mass is 16.7. The van der Waals surface area contributed by atoms with Gasteiger partial charge in [-0.2, -0.15) is 0 Å². The van der Waals surface area contributed by atoms with Crippen LogP contribution in [0.4, 0.5) is 0 Å². The third-order valence-electron chi connectivity index (χ3n) is 3.22. The number of hydrogen-bond acceptors (Lipinski definition) is 4. The summed E-state index contributed by atoms with van der Waals surface area (Å²) in [6.07, 6.45) is 2.16. The quantitative estimate of drug-likeness (QED) is 0.683. The summed E-state index contributed by atoms with van der Waals surface area (Å²) >= 11 is 0. The number of nitrogens with one attached hydrogen (secondary N) is 1. The zero-order valence-corrected chi connectivity index (χ0v) is 10.5. The molecule has 1 aliphatic heterocycles. The van der Waals surface area contributed by atoms with Crippen molar-refractivity contribution < 1.29 is 19.5 Å². The maximum absolute atomic E-state index is 11.7. The highest BCUT2D eigenvalue weighted by Gasteiger charge is 2.34. The number of hydroxylamine groups is 1. The molecule has 0 aliphatic carbocycles. The van der Waals surface area contributed by atoms with Crippen molar-refractivity contribution >= 4 is 11.9 Å². The minimum atomic E-state index is -1.11. The summed E-state index contributed by atoms with van der Waals surface area (Å²) in [7, 11) is 0. The van der Waals surface area contributed by atoms with Crippen LogP contribution < -0.4 is 5.48 Å². The van der Waals surface area contributed by atoms with E-state index in [4.69, 9.17) is 5.11 Å². The lowest BCUT2D eigenvalue weighted by molar-refractivity contribution is -0.151. The van der Waals surface area contributed by atoms with E-state index in [9.17, 15) is 9.59 Å². The van der Waals surface area contributed by atoms with E-state index in [1.165, 1.54) is 0 Å². The van der Waals surface area contributed by atoms with Crippen molar-refractivity contribution in [2.24, 2.45) is 0 Å². The number of carboxylic acids is 1. The molecule has 6 heteroatoms. The Kier molecular flexibility index (Phi) is 4.89. The lowest BCUT2D eigenvalue weighted by Gasteiger charge is -2.31. The van der Waals surface area contributed by atoms with Crippen LogP contribution in [-0.4, -0.2) is 46.6 Å². The van der Waals surface area contributed by atoms with E-state index in [0.29, 0.717) is 12.1 Å². The van der Waals surface area contributed by atoms with Gasteiger partial charge in [-0.15, -0.1) is 0 Å². The normalized spacial score (nSPS) is 26.8. The Labute approximate surface area is 101 Å². The van der Waals surface area contributed by atoms with Gasteiger partial charge < -0.3 is 5.11 Å². The fourth-order valence-corrected chi connectivity index (χ4v) is 2.37. The van der Waals surface area contributed by atoms with Crippen molar-refractivity contribution in [2.45, 2.75) is 51.7 Å². The first kappa shape index (κ1) is 13.9. The Balaban J connectivity index is 2.43. The monoisotopic (exact) mass is 244 g/mol. The Hall–Kier alpha value is -1.14. The number of amides is 1. The number of nitrogens with zero attached hydrogens (tertiary/aromatic N) is 1. The van der Waals surface area contributed by atoms with E-state index in [-0.39, 0.29) is 11.9 Å². The van der Waals surface area contributed by atoms with Crippen LogP contribution in [0.2, 0.25) is 0 Å². The molecule has 2 N–H and O–H groups in total. The molecule has 0 bridgehead atoms. The third kappa shape index (κ3) is 3.67. The first-order valence-corrected chi connectivity index (χ1v) is 5.84. The summed E-state index contributed by atoms with van der Waals surface area (Å²) in [6, 6.07) is 0.423. The van der Waals surface area contributed by atoms with Crippen LogP contribution in [0.25, 0.3) is 0 Å². The predicted molar refractivity (Wildman–Crippen MR) is 61.2 cm³/mol. The first-order chi connectivity index (χ1) is 7.93. The van der Waals surface area contributed by atoms with E-state index in [1.807, 2.05) is 0 Å². The molecule has 1 rings (SSSR count). The molecule has 1 saturated heterocycles. The number of likely N-dealkylation sites (tertiary alicyclic amines) is 1. The van der Waals surface area contributed by atoms with Crippen molar-refractivity contribution in [3.63, 3.8) is 0 Å². The smallest absolute Gasteiger partial charge is 0.332 e. The molecule has 0 saturated carbocycles. The Morgan fingerprint density at radius 2 is 1.94 bits per heavy atom. The molecular formula is C11H20N2O4. The second-order valence-electron chi connectivity index (χ2n) is 4.55. The van der Waals surface area contributed by atoms with Crippen molar-refractivity contribution in [3.8, 4) is 0 Å². The lowest BCUT2D eigenvalue weighted by atomic mass is 10.2. The van der Waals surface area contributed by atoms with Crippen molar-refractivity contribution in [2.75, 3.05) is 6.61 Å². The summed E-state index contributed by atoms with van der Waals surface area (Å²) in [5.74, 6) is -1.41. The number of carbonyl (C=O) groups is 2. The molecule has 1 amide bonds. The van der Waals surface area contributed by atoms with Crippen LogP contribution in [0.1, 0.15) is 33.6 Å². The topological polar surface area (TPSA) is 78.9 Å². The van der Waals surface area contributed by atoms with E-state index in [2.05, 4.69) is 29.1 Å². The Morgan fingerprint density at radius 1 is 1.41 bits per heavy atom. The van der Waals surface area contributed by atoms with Gasteiger partial charge in [0.25, 0.3) is 5.91 Å². The molecule has 3 atom stereocenters. The highest BCUT2D eigenvalue weighted by Crippen LogP contribution is 2.25. The van der Waals surface area contributed by atoms with E-state index >= 15 is 0 Å². The average Bonchev–Trinajstić information content (AvgIpc) is 2.57. The summed E-state index contributed by atoms with van der Waals surface area (Å²) < 4.78 is 0. The van der Waals surface area contributed by atoms with Gasteiger partial charge in [0.2, 0.25) is 0 Å². The molecule has 98 valence electrons. The largest absolute Gasteiger partial charge is 0.479 e. The molecule has 3 unspecified atom stereocenters. The van der Waals surface area contributed by atoms with Crippen molar-refractivity contribution in [1.82, 2.24) is 10.4 Å². The molecule has 0 radical (unpaired) electrons. The van der Waals surface area contributed by atoms with Crippen molar-refractivity contribution in [3.05, 3.63) is 0 Å². The molecule has 6 nitrogen and oxygen atoms in total. The highest BCUT2D eigenvalue weighted by molar-refractivity contribution is 5.80. The molecular weight excluding hydrogens is 224 g/mol. The summed E-state index contributed by atoms with van der Waals surface area (Å²) in [5, 5.41) is 8.37. The van der Waals surface area contributed by atoms with Gasteiger partial charge in [0.15, 0.2) is 6.61 Å². The number of aliphatic carboxylic acids is 1. The van der Waals surface area contributed by atoms with Gasteiger partial charge in [-0.1, -0.05) is 0 Å². The fourth-order valence-electron chi connectivity index (χ4n) is 2.37. The number of carbonyl (C=O) groups excluding carboxylic acids is 1. The second kappa shape index (κ2) is 5.97. The van der Waals surface area contributed by atoms with Crippen LogP contribution in [-0.2, 0) is 14.4 Å². The van der Waals surface area contributed by atoms with Gasteiger partial charge in [-0.3, -0.25) is 14.5 Å². The number of carboxylic acid groups (broad SMARTS) is 1. The molecule has 1 fully saturated rings. The zero-order chi connectivity index (χ0) is 13.0. The maximum Gasteiger partial charge on any atom is 0.332 e. The van der Waals surface area contributed by atoms with Gasteiger partial charge in [0, 0.05) is 12.1 Å². The minimum Gasteiger partial charge on any atom is -0.479 e. The van der Waals surface area contributed by atoms with Crippen LogP contribution >= 0.6 is 0 Å². The molecule has 17 heavy (non-hydrogen) atoms. The molecule has 1 heterocycles. The predicted octanol–water partition coefficient (Wildman–Crippen LogP) is 0.380. The average molecular weight is 244 g/mol. The van der Waals surface area contributed by atoms with E-state index in [1.54, 1.807) is 6.92 Å². The third-order valence-corrected chi connectivity index (χ3v) is 3.22. The first-order valence-electron chi connectivity index (χ1n) is 5.84. The Bertz CT molecular complexity index is 285. The molecule has 0 aromatic carbocycles. The van der Waals surface area contributed by atoms with Crippen LogP contribution in [0, 0.1) is 0 Å². The zero-order valence-electron chi connectivity index (χ0n) is 10.5. The second-order valence-corrected chi connectivity index (χ2v) is 4.55. The summed E-state index contributed by atoms with van der Waals surface area (Å²) in [6.45, 7) is 5.46. The van der Waals surface area contributed by atoms with E-state index < -0.39 is 12.6 Å². The van der Waals surface area contributed by atoms with Gasteiger partial charge in [-0.25, -0.2) is 10.3 Å². The van der Waals surface area contributed by atoms with Crippen LogP contribution in [0.5, 0.6) is 0 Å². The van der Waals surface area contributed by atoms with Crippen LogP contribution in [0.15, 0.2) is 0 Å². The van der Waals surface area contributed by atoms with Gasteiger partial charge in [-0.05, 0) is 33.6 Å².